The van der Waals surface area contributed by atoms with Gasteiger partial charge in [0.2, 0.25) is 0 Å². The summed E-state index contributed by atoms with van der Waals surface area (Å²) in [4.78, 5) is 46.5. The van der Waals surface area contributed by atoms with Gasteiger partial charge in [0.15, 0.2) is 23.0 Å². The third-order valence-corrected chi connectivity index (χ3v) is 3.04. The fourth-order valence-corrected chi connectivity index (χ4v) is 1.96. The summed E-state index contributed by atoms with van der Waals surface area (Å²) in [5.74, 6) is -4.78. The first kappa shape index (κ1) is 12.7. The van der Waals surface area contributed by atoms with Crippen LogP contribution < -0.4 is 0 Å². The van der Waals surface area contributed by atoms with Gasteiger partial charge in [-0.1, -0.05) is 0 Å². The van der Waals surface area contributed by atoms with Crippen LogP contribution in [-0.2, 0) is 19.2 Å². The molecule has 2 unspecified atom stereocenters. The van der Waals surface area contributed by atoms with Crippen molar-refractivity contribution >= 4 is 23.1 Å². The predicted molar refractivity (Wildman–Crippen MR) is 53.6 cm³/mol. The molecule has 1 aliphatic carbocycles. The minimum Gasteiger partial charge on any atom is -0.375 e. The zero-order valence-corrected chi connectivity index (χ0v) is 9.66. The molecule has 0 heterocycles. The quantitative estimate of drug-likeness (QED) is 0.619. The lowest BCUT2D eigenvalue weighted by atomic mass is 9.62. The van der Waals surface area contributed by atoms with Gasteiger partial charge in [0.25, 0.3) is 0 Å². The minimum absolute atomic E-state index is 0.643. The first-order valence-electron chi connectivity index (χ1n) is 4.91. The Hall–Kier alpha value is -1.36. The second kappa shape index (κ2) is 3.31. The normalized spacial score (nSPS) is 34.1. The topological polar surface area (TPSA) is 88.5 Å². The Labute approximate surface area is 92.8 Å². The third-order valence-electron chi connectivity index (χ3n) is 3.04. The number of carbonyl (C=O) groups excluding carboxylic acids is 4. The lowest BCUT2D eigenvalue weighted by Gasteiger charge is -2.38. The SMILES string of the molecule is CC(=O)C1C(=O)C(C)(C)C(=O)C(C)(O)C1=O. The molecule has 5 heteroatoms. The molecule has 0 amide bonds. The number of carbonyl (C=O) groups is 4. The summed E-state index contributed by atoms with van der Waals surface area (Å²) in [6.07, 6.45) is 0. The second-order valence-electron chi connectivity index (χ2n) is 4.80. The molecule has 0 aliphatic heterocycles. The highest BCUT2D eigenvalue weighted by Crippen LogP contribution is 2.36. The van der Waals surface area contributed by atoms with Crippen molar-refractivity contribution in [1.29, 1.82) is 0 Å². The van der Waals surface area contributed by atoms with E-state index in [2.05, 4.69) is 0 Å². The molecule has 1 saturated carbocycles. The number of ketones is 4. The average Bonchev–Trinajstić information content (AvgIpc) is 2.14. The van der Waals surface area contributed by atoms with Crippen molar-refractivity contribution in [2.75, 3.05) is 0 Å². The van der Waals surface area contributed by atoms with Crippen LogP contribution in [0.4, 0.5) is 0 Å². The van der Waals surface area contributed by atoms with Gasteiger partial charge in [-0.25, -0.2) is 0 Å². The van der Waals surface area contributed by atoms with Crippen molar-refractivity contribution in [3.63, 3.8) is 0 Å². The van der Waals surface area contributed by atoms with E-state index in [-0.39, 0.29) is 0 Å². The lowest BCUT2D eigenvalue weighted by molar-refractivity contribution is -0.169. The Morgan fingerprint density at radius 2 is 1.56 bits per heavy atom. The van der Waals surface area contributed by atoms with E-state index >= 15 is 0 Å². The highest BCUT2D eigenvalue weighted by Gasteiger charge is 2.60. The maximum atomic E-state index is 11.8. The van der Waals surface area contributed by atoms with Crippen LogP contribution in [0.3, 0.4) is 0 Å². The van der Waals surface area contributed by atoms with Crippen molar-refractivity contribution < 1.29 is 24.3 Å². The van der Waals surface area contributed by atoms with Gasteiger partial charge in [-0.15, -0.1) is 0 Å². The van der Waals surface area contributed by atoms with Crippen molar-refractivity contribution in [3.05, 3.63) is 0 Å². The summed E-state index contributed by atoms with van der Waals surface area (Å²) in [7, 11) is 0. The molecule has 0 aromatic rings. The van der Waals surface area contributed by atoms with E-state index in [1.807, 2.05) is 0 Å². The molecule has 1 aliphatic rings. The molecule has 1 fully saturated rings. The standard InChI is InChI=1S/C11H14O5/c1-5(12)6-7(13)10(2,3)9(15)11(4,16)8(6)14/h6,16H,1-4H3. The van der Waals surface area contributed by atoms with E-state index < -0.39 is 40.1 Å². The zero-order valence-electron chi connectivity index (χ0n) is 9.66. The first-order valence-corrected chi connectivity index (χ1v) is 4.91. The van der Waals surface area contributed by atoms with Gasteiger partial charge in [-0.05, 0) is 27.7 Å². The largest absolute Gasteiger partial charge is 0.375 e. The van der Waals surface area contributed by atoms with Gasteiger partial charge >= 0.3 is 0 Å². The maximum absolute atomic E-state index is 11.8. The van der Waals surface area contributed by atoms with E-state index in [1.54, 1.807) is 0 Å². The second-order valence-corrected chi connectivity index (χ2v) is 4.80. The van der Waals surface area contributed by atoms with Gasteiger partial charge < -0.3 is 5.11 Å². The van der Waals surface area contributed by atoms with Gasteiger partial charge in [-0.3, -0.25) is 19.2 Å². The molecule has 1 rings (SSSR count). The Bertz CT molecular complexity index is 373. The first-order chi connectivity index (χ1) is 7.04. The monoisotopic (exact) mass is 226 g/mol. The number of hydrogen-bond acceptors (Lipinski definition) is 5. The summed E-state index contributed by atoms with van der Waals surface area (Å²) in [5, 5.41) is 9.78. The van der Waals surface area contributed by atoms with Gasteiger partial charge in [0.1, 0.15) is 11.7 Å². The summed E-state index contributed by atoms with van der Waals surface area (Å²) in [6, 6.07) is 0. The summed E-state index contributed by atoms with van der Waals surface area (Å²) >= 11 is 0. The Morgan fingerprint density at radius 3 is 1.94 bits per heavy atom. The highest BCUT2D eigenvalue weighted by atomic mass is 16.3. The van der Waals surface area contributed by atoms with E-state index in [0.29, 0.717) is 0 Å². The van der Waals surface area contributed by atoms with Crippen molar-refractivity contribution in [1.82, 2.24) is 0 Å². The molecule has 0 aromatic carbocycles. The molecule has 2 atom stereocenters. The number of aliphatic hydroxyl groups is 1. The lowest BCUT2D eigenvalue weighted by Crippen LogP contribution is -2.63. The molecule has 5 nitrogen and oxygen atoms in total. The average molecular weight is 226 g/mol. The molecular formula is C11H14O5. The predicted octanol–water partition coefficient (Wildman–Crippen LogP) is -0.310. The van der Waals surface area contributed by atoms with Gasteiger partial charge in [-0.2, -0.15) is 0 Å². The number of rotatable bonds is 1. The number of hydrogen-bond donors (Lipinski definition) is 1. The van der Waals surface area contributed by atoms with Crippen LogP contribution >= 0.6 is 0 Å². The molecule has 88 valence electrons. The summed E-state index contributed by atoms with van der Waals surface area (Å²) in [6.45, 7) is 4.76. The van der Waals surface area contributed by atoms with E-state index in [9.17, 15) is 24.3 Å². The van der Waals surface area contributed by atoms with Gasteiger partial charge in [0.05, 0.1) is 5.41 Å². The van der Waals surface area contributed by atoms with Crippen LogP contribution in [0.25, 0.3) is 0 Å². The van der Waals surface area contributed by atoms with Crippen LogP contribution in [-0.4, -0.2) is 33.8 Å². The summed E-state index contributed by atoms with van der Waals surface area (Å²) in [5.41, 5.74) is -3.76. The van der Waals surface area contributed by atoms with Crippen LogP contribution in [0.1, 0.15) is 27.7 Å². The molecule has 1 N–H and O–H groups in total. The van der Waals surface area contributed by atoms with Crippen LogP contribution in [0.2, 0.25) is 0 Å². The molecule has 16 heavy (non-hydrogen) atoms. The Morgan fingerprint density at radius 1 is 1.12 bits per heavy atom. The molecule has 0 aromatic heterocycles. The number of Topliss-reactive ketones (excluding diaryl/α,β-unsaturated/α-hetero) is 4. The molecular weight excluding hydrogens is 212 g/mol. The third kappa shape index (κ3) is 1.43. The van der Waals surface area contributed by atoms with Crippen molar-refractivity contribution in [2.24, 2.45) is 11.3 Å². The molecule has 0 saturated heterocycles. The van der Waals surface area contributed by atoms with E-state index in [0.717, 1.165) is 13.8 Å². The van der Waals surface area contributed by atoms with Crippen LogP contribution in [0.5, 0.6) is 0 Å². The fraction of sp³-hybridized carbons (Fsp3) is 0.636. The maximum Gasteiger partial charge on any atom is 0.189 e. The highest BCUT2D eigenvalue weighted by molar-refractivity contribution is 6.36. The van der Waals surface area contributed by atoms with E-state index in [4.69, 9.17) is 0 Å². The smallest absolute Gasteiger partial charge is 0.189 e. The zero-order chi connectivity index (χ0) is 12.9. The van der Waals surface area contributed by atoms with Crippen LogP contribution in [0, 0.1) is 11.3 Å². The van der Waals surface area contributed by atoms with Crippen molar-refractivity contribution in [3.8, 4) is 0 Å². The molecule has 0 spiro atoms. The van der Waals surface area contributed by atoms with E-state index in [1.165, 1.54) is 13.8 Å². The van der Waals surface area contributed by atoms with Gasteiger partial charge in [0, 0.05) is 0 Å². The molecule has 0 radical (unpaired) electrons. The van der Waals surface area contributed by atoms with Crippen molar-refractivity contribution in [2.45, 2.75) is 33.3 Å². The Kier molecular flexibility index (Phi) is 2.63. The van der Waals surface area contributed by atoms with Crippen LogP contribution in [0.15, 0.2) is 0 Å². The Balaban J connectivity index is 3.40. The minimum atomic E-state index is -2.26. The summed E-state index contributed by atoms with van der Waals surface area (Å²) < 4.78 is 0. The fourth-order valence-electron chi connectivity index (χ4n) is 1.96. The molecule has 0 bridgehead atoms.